The second-order valence-electron chi connectivity index (χ2n) is 12.2. The van der Waals surface area contributed by atoms with Crippen LogP contribution in [0, 0.1) is 5.92 Å². The van der Waals surface area contributed by atoms with Crippen LogP contribution in [0.5, 0.6) is 17.5 Å². The maximum Gasteiger partial charge on any atom is 0.324 e. The Morgan fingerprint density at radius 2 is 1.81 bits per heavy atom. The Hall–Kier alpha value is -5.30. The molecule has 2 aromatic carbocycles. The number of carbonyl (C=O) groups is 2. The Balaban J connectivity index is 0.980. The molecule has 2 N–H and O–H groups in total. The van der Waals surface area contributed by atoms with Crippen molar-refractivity contribution in [2.24, 2.45) is 5.92 Å². The van der Waals surface area contributed by atoms with E-state index >= 15 is 0 Å². The number of benzene rings is 2. The molecule has 3 aromatic heterocycles. The highest BCUT2D eigenvalue weighted by atomic mass is 32.1. The third-order valence-electron chi connectivity index (χ3n) is 8.04. The van der Waals surface area contributed by atoms with E-state index in [0.717, 1.165) is 77.0 Å². The van der Waals surface area contributed by atoms with Crippen LogP contribution in [0.15, 0.2) is 67.1 Å². The van der Waals surface area contributed by atoms with Crippen molar-refractivity contribution in [1.29, 1.82) is 0 Å². The van der Waals surface area contributed by atoms with Crippen LogP contribution < -0.4 is 25.0 Å². The summed E-state index contributed by atoms with van der Waals surface area (Å²) in [6.07, 6.45) is 9.97. The minimum absolute atomic E-state index is 0.132. The molecule has 0 aliphatic carbocycles. The summed E-state index contributed by atoms with van der Waals surface area (Å²) in [5, 5.41) is 11.3. The highest BCUT2D eigenvalue weighted by Crippen LogP contribution is 2.34. The summed E-state index contributed by atoms with van der Waals surface area (Å²) in [6, 6.07) is 15.1. The number of ether oxygens (including phenoxy) is 2. The Labute approximate surface area is 282 Å². The van der Waals surface area contributed by atoms with Gasteiger partial charge in [-0.05, 0) is 91.6 Å². The first kappa shape index (κ1) is 31.3. The first-order valence-electron chi connectivity index (χ1n) is 16.2. The molecular formula is C35H36N8O4S. The molecular weight excluding hydrogens is 629 g/mol. The van der Waals surface area contributed by atoms with Crippen LogP contribution in [-0.4, -0.2) is 49.8 Å². The molecule has 12 nitrogen and oxygen atoms in total. The first-order valence-corrected chi connectivity index (χ1v) is 17.0. The summed E-state index contributed by atoms with van der Waals surface area (Å²) in [7, 11) is 0. The molecule has 0 radical (unpaired) electrons. The molecule has 0 bridgehead atoms. The fraction of sp³-hybridized carbons (Fsp3) is 0.314. The van der Waals surface area contributed by atoms with E-state index in [4.69, 9.17) is 14.6 Å². The minimum atomic E-state index is -0.447. The van der Waals surface area contributed by atoms with Crippen molar-refractivity contribution in [2.45, 2.75) is 52.4 Å². The molecule has 48 heavy (non-hydrogen) atoms. The average molecular weight is 665 g/mol. The number of hydrogen-bond donors (Lipinski definition) is 2. The van der Waals surface area contributed by atoms with Crippen molar-refractivity contribution in [2.75, 3.05) is 28.7 Å². The van der Waals surface area contributed by atoms with E-state index in [1.165, 1.54) is 23.7 Å². The quantitative estimate of drug-likeness (QED) is 0.168. The van der Waals surface area contributed by atoms with Gasteiger partial charge < -0.3 is 14.8 Å². The summed E-state index contributed by atoms with van der Waals surface area (Å²) in [6.45, 7) is 5.71. The van der Waals surface area contributed by atoms with Gasteiger partial charge in [-0.1, -0.05) is 25.2 Å². The van der Waals surface area contributed by atoms with Gasteiger partial charge in [-0.25, -0.2) is 24.4 Å². The number of aryl methyl sites for hydroxylation is 1. The summed E-state index contributed by atoms with van der Waals surface area (Å²) in [4.78, 5) is 41.1. The van der Waals surface area contributed by atoms with Crippen molar-refractivity contribution in [3.05, 3.63) is 78.4 Å². The van der Waals surface area contributed by atoms with Gasteiger partial charge in [0.2, 0.25) is 5.91 Å². The molecule has 0 unspecified atom stereocenters. The zero-order valence-corrected chi connectivity index (χ0v) is 27.6. The van der Waals surface area contributed by atoms with Crippen molar-refractivity contribution in [1.82, 2.24) is 24.7 Å². The zero-order chi connectivity index (χ0) is 33.0. The number of urea groups is 1. The maximum atomic E-state index is 13.1. The van der Waals surface area contributed by atoms with E-state index in [1.807, 2.05) is 42.5 Å². The van der Waals surface area contributed by atoms with Gasteiger partial charge in [-0.3, -0.25) is 15.0 Å². The van der Waals surface area contributed by atoms with Crippen LogP contribution in [0.3, 0.4) is 0 Å². The molecule has 2 aliphatic heterocycles. The number of nitrogens with zero attached hydrogens (tertiary/aromatic N) is 6. The standard InChI is InChI=1S/C35H36N8O4S/c1-22(2)16-25-18-31(43(41-25)27-10-13-29-24(17-27)6-5-15-46-29)40-33(45)39-26-19-36-34(37-20-26)47-28-11-8-23(9-12-28)30-21-38-35(48-30)42-14-4-3-7-32(42)44/h8-13,17-22H,3-7,14-16H2,1-2H3,(H2,39,40,45). The maximum absolute atomic E-state index is 13.1. The third-order valence-corrected chi connectivity index (χ3v) is 9.11. The summed E-state index contributed by atoms with van der Waals surface area (Å²) < 4.78 is 13.4. The van der Waals surface area contributed by atoms with Crippen LogP contribution in [-0.2, 0) is 17.6 Å². The number of aromatic nitrogens is 5. The Kier molecular flexibility index (Phi) is 9.01. The Bertz CT molecular complexity index is 1920. The highest BCUT2D eigenvalue weighted by Gasteiger charge is 2.22. The van der Waals surface area contributed by atoms with Crippen LogP contribution in [0.2, 0.25) is 0 Å². The molecule has 3 amide bonds. The molecule has 0 atom stereocenters. The Morgan fingerprint density at radius 1 is 0.979 bits per heavy atom. The molecule has 7 rings (SSSR count). The number of piperidine rings is 1. The molecule has 1 fully saturated rings. The molecule has 246 valence electrons. The SMILES string of the molecule is CC(C)Cc1cc(NC(=O)Nc2cnc(Oc3ccc(-c4cnc(N5CCCCC5=O)s4)cc3)nc2)n(-c2ccc3c(c2)CCCO3)n1. The molecule has 2 aliphatic rings. The van der Waals surface area contributed by atoms with Gasteiger partial charge in [0.05, 0.1) is 40.9 Å². The van der Waals surface area contributed by atoms with Gasteiger partial charge in [0.1, 0.15) is 17.3 Å². The monoisotopic (exact) mass is 664 g/mol. The number of carbonyl (C=O) groups excluding carboxylic acids is 2. The predicted molar refractivity (Wildman–Crippen MR) is 184 cm³/mol. The Morgan fingerprint density at radius 3 is 2.60 bits per heavy atom. The first-order chi connectivity index (χ1) is 23.4. The van der Waals surface area contributed by atoms with E-state index in [1.54, 1.807) is 15.8 Å². The summed E-state index contributed by atoms with van der Waals surface area (Å²) >= 11 is 1.50. The van der Waals surface area contributed by atoms with Gasteiger partial charge >= 0.3 is 12.0 Å². The number of anilines is 3. The molecule has 5 heterocycles. The van der Waals surface area contributed by atoms with Gasteiger partial charge in [0.25, 0.3) is 0 Å². The topological polar surface area (TPSA) is 136 Å². The van der Waals surface area contributed by atoms with Gasteiger partial charge in [-0.15, -0.1) is 0 Å². The number of hydrogen-bond acceptors (Lipinski definition) is 9. The molecule has 13 heteroatoms. The lowest BCUT2D eigenvalue weighted by atomic mass is 10.1. The largest absolute Gasteiger partial charge is 0.493 e. The lowest BCUT2D eigenvalue weighted by Gasteiger charge is -2.23. The third kappa shape index (κ3) is 7.15. The van der Waals surface area contributed by atoms with Crippen molar-refractivity contribution < 1.29 is 19.1 Å². The van der Waals surface area contributed by atoms with E-state index < -0.39 is 6.03 Å². The van der Waals surface area contributed by atoms with Crippen molar-refractivity contribution >= 4 is 39.9 Å². The van der Waals surface area contributed by atoms with E-state index in [0.29, 0.717) is 36.1 Å². The van der Waals surface area contributed by atoms with E-state index in [2.05, 4.69) is 45.5 Å². The summed E-state index contributed by atoms with van der Waals surface area (Å²) in [5.74, 6) is 2.55. The second-order valence-corrected chi connectivity index (χ2v) is 13.3. The highest BCUT2D eigenvalue weighted by molar-refractivity contribution is 7.19. The van der Waals surface area contributed by atoms with Gasteiger partial charge in [-0.2, -0.15) is 5.10 Å². The zero-order valence-electron chi connectivity index (χ0n) is 26.8. The molecule has 0 saturated carbocycles. The van der Waals surface area contributed by atoms with Crippen molar-refractivity contribution in [3.8, 4) is 33.6 Å². The van der Waals surface area contributed by atoms with Gasteiger partial charge in [0.15, 0.2) is 5.13 Å². The fourth-order valence-electron chi connectivity index (χ4n) is 5.75. The second kappa shape index (κ2) is 13.8. The number of amides is 3. The lowest BCUT2D eigenvalue weighted by molar-refractivity contribution is -0.119. The molecule has 0 spiro atoms. The predicted octanol–water partition coefficient (Wildman–Crippen LogP) is 7.26. The fourth-order valence-corrected chi connectivity index (χ4v) is 6.71. The normalized spacial score (nSPS) is 14.4. The molecule has 1 saturated heterocycles. The molecule has 5 aromatic rings. The van der Waals surface area contributed by atoms with E-state index in [9.17, 15) is 9.59 Å². The van der Waals surface area contributed by atoms with Crippen LogP contribution in [0.1, 0.15) is 50.8 Å². The van der Waals surface area contributed by atoms with Crippen LogP contribution >= 0.6 is 11.3 Å². The average Bonchev–Trinajstić information content (AvgIpc) is 3.73. The van der Waals surface area contributed by atoms with Gasteiger partial charge in [0, 0.05) is 25.2 Å². The summed E-state index contributed by atoms with van der Waals surface area (Å²) in [5.41, 5.74) is 4.25. The number of nitrogens with one attached hydrogen (secondary N) is 2. The van der Waals surface area contributed by atoms with Crippen LogP contribution in [0.25, 0.3) is 16.1 Å². The van der Waals surface area contributed by atoms with E-state index in [-0.39, 0.29) is 11.9 Å². The number of fused-ring (bicyclic) bond motifs is 1. The number of rotatable bonds is 9. The van der Waals surface area contributed by atoms with Crippen molar-refractivity contribution in [3.63, 3.8) is 0 Å². The number of thiazole rings is 1. The smallest absolute Gasteiger partial charge is 0.324 e. The lowest BCUT2D eigenvalue weighted by Crippen LogP contribution is -2.34. The van der Waals surface area contributed by atoms with Crippen LogP contribution in [0.4, 0.5) is 21.4 Å². The minimum Gasteiger partial charge on any atom is -0.493 e.